The third-order valence-electron chi connectivity index (χ3n) is 3.77. The fraction of sp³-hybridized carbons (Fsp3) is 0.125. The minimum absolute atomic E-state index is 0.374. The van der Waals surface area contributed by atoms with Gasteiger partial charge < -0.3 is 0 Å². The lowest BCUT2D eigenvalue weighted by Gasteiger charge is -2.29. The van der Waals surface area contributed by atoms with Gasteiger partial charge in [0.05, 0.1) is 0 Å². The van der Waals surface area contributed by atoms with E-state index in [4.69, 9.17) is 0 Å². The van der Waals surface area contributed by atoms with Crippen LogP contribution in [0.4, 0.5) is 0 Å². The van der Waals surface area contributed by atoms with E-state index in [0.29, 0.717) is 5.92 Å². The van der Waals surface area contributed by atoms with Crippen LogP contribution in [0.25, 0.3) is 5.69 Å². The Balaban J connectivity index is 1.78. The molecule has 0 saturated carbocycles. The Morgan fingerprint density at radius 2 is 1.74 bits per heavy atom. The molecule has 1 heterocycles. The van der Waals surface area contributed by atoms with E-state index < -0.39 is 0 Å². The number of nitrogens with zero attached hydrogens (tertiary/aromatic N) is 3. The molecule has 1 aliphatic rings. The number of hydrogen-bond acceptors (Lipinski definition) is 2. The van der Waals surface area contributed by atoms with Crippen LogP contribution in [-0.2, 0) is 6.42 Å². The molecule has 19 heavy (non-hydrogen) atoms. The van der Waals surface area contributed by atoms with E-state index >= 15 is 0 Å². The van der Waals surface area contributed by atoms with Crippen LogP contribution >= 0.6 is 0 Å². The first-order valence-corrected chi connectivity index (χ1v) is 6.46. The second-order valence-corrected chi connectivity index (χ2v) is 4.85. The first-order chi connectivity index (χ1) is 9.43. The lowest BCUT2D eigenvalue weighted by Crippen LogP contribution is -2.21. The second-order valence-electron chi connectivity index (χ2n) is 4.85. The average molecular weight is 247 g/mol. The Labute approximate surface area is 111 Å². The number of fused-ring (bicyclic) bond motifs is 1. The molecule has 0 N–H and O–H groups in total. The summed E-state index contributed by atoms with van der Waals surface area (Å²) in [5.74, 6) is 1.41. The number of hydrogen-bond donors (Lipinski definition) is 0. The second kappa shape index (κ2) is 4.05. The van der Waals surface area contributed by atoms with Gasteiger partial charge in [-0.25, -0.2) is 0 Å². The first kappa shape index (κ1) is 10.5. The summed E-state index contributed by atoms with van der Waals surface area (Å²) in [6.45, 7) is 0. The molecule has 4 rings (SSSR count). The Morgan fingerprint density at radius 3 is 2.58 bits per heavy atom. The van der Waals surface area contributed by atoms with Gasteiger partial charge in [-0.3, -0.25) is 4.57 Å². The van der Waals surface area contributed by atoms with Crippen molar-refractivity contribution >= 4 is 0 Å². The van der Waals surface area contributed by atoms with Gasteiger partial charge in [0.25, 0.3) is 0 Å². The summed E-state index contributed by atoms with van der Waals surface area (Å²) in [5, 5.41) is 8.41. The Kier molecular flexibility index (Phi) is 2.24. The van der Waals surface area contributed by atoms with Crippen molar-refractivity contribution in [2.45, 2.75) is 12.3 Å². The fourth-order valence-electron chi connectivity index (χ4n) is 2.76. The van der Waals surface area contributed by atoms with Crippen molar-refractivity contribution in [1.82, 2.24) is 14.8 Å². The molecule has 0 saturated heterocycles. The van der Waals surface area contributed by atoms with Crippen LogP contribution in [0.5, 0.6) is 0 Å². The van der Waals surface area contributed by atoms with Gasteiger partial charge in [-0.2, -0.15) is 0 Å². The molecule has 3 nitrogen and oxygen atoms in total. The van der Waals surface area contributed by atoms with Gasteiger partial charge in [-0.15, -0.1) is 10.2 Å². The van der Waals surface area contributed by atoms with Crippen molar-refractivity contribution in [1.29, 1.82) is 0 Å². The molecule has 0 radical (unpaired) electrons. The molecule has 2 aromatic carbocycles. The minimum atomic E-state index is 0.374. The number of rotatable bonds is 2. The quantitative estimate of drug-likeness (QED) is 0.697. The molecule has 3 heteroatoms. The smallest absolute Gasteiger partial charge is 0.145 e. The van der Waals surface area contributed by atoms with Crippen LogP contribution in [0.2, 0.25) is 0 Å². The lowest BCUT2D eigenvalue weighted by atomic mass is 9.77. The third-order valence-corrected chi connectivity index (χ3v) is 3.77. The van der Waals surface area contributed by atoms with E-state index in [1.165, 1.54) is 11.1 Å². The van der Waals surface area contributed by atoms with Crippen LogP contribution in [-0.4, -0.2) is 14.8 Å². The van der Waals surface area contributed by atoms with Crippen molar-refractivity contribution < 1.29 is 0 Å². The van der Waals surface area contributed by atoms with E-state index in [1.54, 1.807) is 6.33 Å². The standard InChI is InChI=1S/C16H13N3/c1-2-7-13(8-3-1)19-11-17-18-16(19)15-10-12-6-4-5-9-14(12)15/h1-9,11,15H,10H2. The molecule has 0 aliphatic heterocycles. The van der Waals surface area contributed by atoms with Crippen LogP contribution < -0.4 is 0 Å². The number of benzene rings is 2. The zero-order chi connectivity index (χ0) is 12.7. The minimum Gasteiger partial charge on any atom is -0.285 e. The van der Waals surface area contributed by atoms with Crippen molar-refractivity contribution in [3.8, 4) is 5.69 Å². The molecule has 3 aromatic rings. The highest BCUT2D eigenvalue weighted by Gasteiger charge is 2.31. The highest BCUT2D eigenvalue weighted by atomic mass is 15.3. The zero-order valence-corrected chi connectivity index (χ0v) is 10.4. The van der Waals surface area contributed by atoms with Gasteiger partial charge in [0.2, 0.25) is 0 Å². The average Bonchev–Trinajstić information content (AvgIpc) is 2.90. The summed E-state index contributed by atoms with van der Waals surface area (Å²) in [5.41, 5.74) is 3.93. The van der Waals surface area contributed by atoms with E-state index in [1.807, 2.05) is 18.2 Å². The molecule has 1 atom stereocenters. The van der Waals surface area contributed by atoms with E-state index in [9.17, 15) is 0 Å². The summed E-state index contributed by atoms with van der Waals surface area (Å²) >= 11 is 0. The highest BCUT2D eigenvalue weighted by Crippen LogP contribution is 2.39. The molecule has 92 valence electrons. The number of para-hydroxylation sites is 1. The molecular weight excluding hydrogens is 234 g/mol. The van der Waals surface area contributed by atoms with Crippen LogP contribution in [0.1, 0.15) is 22.9 Å². The molecule has 0 spiro atoms. The molecule has 1 aliphatic carbocycles. The maximum Gasteiger partial charge on any atom is 0.145 e. The fourth-order valence-corrected chi connectivity index (χ4v) is 2.76. The predicted molar refractivity (Wildman–Crippen MR) is 73.3 cm³/mol. The molecule has 0 amide bonds. The largest absolute Gasteiger partial charge is 0.285 e. The molecule has 0 fully saturated rings. The summed E-state index contributed by atoms with van der Waals surface area (Å²) in [6, 6.07) is 18.8. The Bertz CT molecular complexity index is 716. The van der Waals surface area contributed by atoms with Crippen molar-refractivity contribution in [3.05, 3.63) is 77.9 Å². The highest BCUT2D eigenvalue weighted by molar-refractivity contribution is 5.45. The van der Waals surface area contributed by atoms with Crippen molar-refractivity contribution in [2.24, 2.45) is 0 Å². The van der Waals surface area contributed by atoms with Crippen molar-refractivity contribution in [2.75, 3.05) is 0 Å². The summed E-state index contributed by atoms with van der Waals surface area (Å²) in [6.07, 6.45) is 2.85. The van der Waals surface area contributed by atoms with Crippen LogP contribution in [0.3, 0.4) is 0 Å². The van der Waals surface area contributed by atoms with Gasteiger partial charge in [0.1, 0.15) is 12.2 Å². The number of aromatic nitrogens is 3. The topological polar surface area (TPSA) is 30.7 Å². The van der Waals surface area contributed by atoms with Gasteiger partial charge >= 0.3 is 0 Å². The van der Waals surface area contributed by atoms with E-state index in [0.717, 1.165) is 17.9 Å². The van der Waals surface area contributed by atoms with Crippen LogP contribution in [0, 0.1) is 0 Å². The Morgan fingerprint density at radius 1 is 0.947 bits per heavy atom. The molecular formula is C16H13N3. The predicted octanol–water partition coefficient (Wildman–Crippen LogP) is 2.96. The molecule has 0 bridgehead atoms. The zero-order valence-electron chi connectivity index (χ0n) is 10.4. The van der Waals surface area contributed by atoms with Crippen molar-refractivity contribution in [3.63, 3.8) is 0 Å². The first-order valence-electron chi connectivity index (χ1n) is 6.46. The SMILES string of the molecule is c1ccc(-n2cnnc2C2Cc3ccccc32)cc1. The maximum atomic E-state index is 4.33. The van der Waals surface area contributed by atoms with Gasteiger partial charge in [0.15, 0.2) is 0 Å². The van der Waals surface area contributed by atoms with Crippen LogP contribution in [0.15, 0.2) is 60.9 Å². The van der Waals surface area contributed by atoms with Gasteiger partial charge in [-0.05, 0) is 29.7 Å². The van der Waals surface area contributed by atoms with E-state index in [2.05, 4.69) is 51.2 Å². The third kappa shape index (κ3) is 1.58. The summed E-state index contributed by atoms with van der Waals surface area (Å²) < 4.78 is 2.08. The molecule has 1 aromatic heterocycles. The monoisotopic (exact) mass is 247 g/mol. The summed E-state index contributed by atoms with van der Waals surface area (Å²) in [4.78, 5) is 0. The van der Waals surface area contributed by atoms with Gasteiger partial charge in [-0.1, -0.05) is 42.5 Å². The Hall–Kier alpha value is -2.42. The normalized spacial score (nSPS) is 16.7. The van der Waals surface area contributed by atoms with E-state index in [-0.39, 0.29) is 0 Å². The lowest BCUT2D eigenvalue weighted by molar-refractivity contribution is 0.644. The summed E-state index contributed by atoms with van der Waals surface area (Å²) in [7, 11) is 0. The maximum absolute atomic E-state index is 4.33. The molecule has 1 unspecified atom stereocenters. The van der Waals surface area contributed by atoms with Gasteiger partial charge in [0, 0.05) is 11.6 Å².